The molecule has 0 aliphatic carbocycles. The maximum absolute atomic E-state index is 13.0. The van der Waals surface area contributed by atoms with Crippen molar-refractivity contribution in [2.75, 3.05) is 13.7 Å². The molecule has 5 heteroatoms. The molecule has 1 amide bonds. The highest BCUT2D eigenvalue weighted by Gasteiger charge is 2.31. The highest BCUT2D eigenvalue weighted by molar-refractivity contribution is 6.03. The molecule has 2 aromatic carbocycles. The first-order valence-corrected chi connectivity index (χ1v) is 9.00. The van der Waals surface area contributed by atoms with Gasteiger partial charge in [-0.2, -0.15) is 0 Å². The van der Waals surface area contributed by atoms with Crippen molar-refractivity contribution in [2.45, 2.75) is 31.9 Å². The number of ether oxygens (including phenoxy) is 2. The Morgan fingerprint density at radius 3 is 2.81 bits per heavy atom. The summed E-state index contributed by atoms with van der Waals surface area (Å²) in [5, 5.41) is 0. The minimum Gasteiger partial charge on any atom is -0.493 e. The summed E-state index contributed by atoms with van der Waals surface area (Å²) < 4.78 is 11.4. The molecule has 0 saturated carbocycles. The largest absolute Gasteiger partial charge is 0.493 e. The molecule has 1 unspecified atom stereocenters. The lowest BCUT2D eigenvalue weighted by molar-refractivity contribution is 0.0688. The van der Waals surface area contributed by atoms with Gasteiger partial charge in [0.2, 0.25) is 0 Å². The van der Waals surface area contributed by atoms with E-state index in [1.165, 1.54) is 0 Å². The number of aliphatic imine (C=N–C) groups is 1. The van der Waals surface area contributed by atoms with E-state index in [1.54, 1.807) is 13.2 Å². The first kappa shape index (κ1) is 16.6. The fraction of sp³-hybridized carbons (Fsp3) is 0.333. The number of piperidine rings is 1. The minimum atomic E-state index is 0.0232. The standard InChI is InChI=1S/C21H22N2O3/c1-25-19-11-17-18(12-20(19)26-14-15-7-3-2-4-8-15)22-13-16-9-5-6-10-23(16)21(17)24/h2-4,7-8,11-13,16H,5-6,9-10,14H2,1H3. The van der Waals surface area contributed by atoms with Crippen molar-refractivity contribution in [3.05, 3.63) is 53.6 Å². The summed E-state index contributed by atoms with van der Waals surface area (Å²) in [6, 6.07) is 13.6. The first-order chi connectivity index (χ1) is 12.8. The summed E-state index contributed by atoms with van der Waals surface area (Å²) in [5.41, 5.74) is 2.30. The fourth-order valence-corrected chi connectivity index (χ4v) is 3.52. The van der Waals surface area contributed by atoms with Crippen LogP contribution in [-0.2, 0) is 6.61 Å². The van der Waals surface area contributed by atoms with Gasteiger partial charge in [-0.3, -0.25) is 9.79 Å². The van der Waals surface area contributed by atoms with Crippen LogP contribution in [0.3, 0.4) is 0 Å². The van der Waals surface area contributed by atoms with Crippen molar-refractivity contribution >= 4 is 17.8 Å². The van der Waals surface area contributed by atoms with E-state index in [2.05, 4.69) is 4.99 Å². The van der Waals surface area contributed by atoms with E-state index >= 15 is 0 Å². The maximum atomic E-state index is 13.0. The molecule has 2 heterocycles. The number of hydrogen-bond donors (Lipinski definition) is 0. The lowest BCUT2D eigenvalue weighted by Crippen LogP contribution is -2.43. The molecule has 26 heavy (non-hydrogen) atoms. The topological polar surface area (TPSA) is 51.1 Å². The molecule has 2 aliphatic heterocycles. The molecule has 0 aromatic heterocycles. The number of nitrogens with zero attached hydrogens (tertiary/aromatic N) is 2. The predicted molar refractivity (Wildman–Crippen MR) is 101 cm³/mol. The van der Waals surface area contributed by atoms with E-state index in [9.17, 15) is 4.79 Å². The third-order valence-electron chi connectivity index (χ3n) is 4.95. The number of amides is 1. The van der Waals surface area contributed by atoms with Gasteiger partial charge in [-0.05, 0) is 30.9 Å². The Labute approximate surface area is 153 Å². The average molecular weight is 350 g/mol. The highest BCUT2D eigenvalue weighted by Crippen LogP contribution is 2.38. The van der Waals surface area contributed by atoms with Gasteiger partial charge in [-0.1, -0.05) is 30.3 Å². The van der Waals surface area contributed by atoms with Gasteiger partial charge in [0.1, 0.15) is 6.61 Å². The van der Waals surface area contributed by atoms with Crippen LogP contribution < -0.4 is 9.47 Å². The van der Waals surface area contributed by atoms with Gasteiger partial charge in [0.05, 0.1) is 24.4 Å². The van der Waals surface area contributed by atoms with Crippen molar-refractivity contribution < 1.29 is 14.3 Å². The molecule has 134 valence electrons. The Morgan fingerprint density at radius 1 is 1.15 bits per heavy atom. The normalized spacial score (nSPS) is 18.7. The van der Waals surface area contributed by atoms with E-state index in [4.69, 9.17) is 9.47 Å². The van der Waals surface area contributed by atoms with Crippen molar-refractivity contribution in [3.8, 4) is 11.5 Å². The fourth-order valence-electron chi connectivity index (χ4n) is 3.52. The van der Waals surface area contributed by atoms with Crippen LogP contribution >= 0.6 is 0 Å². The summed E-state index contributed by atoms with van der Waals surface area (Å²) in [7, 11) is 1.59. The van der Waals surface area contributed by atoms with Gasteiger partial charge in [0.15, 0.2) is 11.5 Å². The van der Waals surface area contributed by atoms with E-state index in [1.807, 2.05) is 47.5 Å². The van der Waals surface area contributed by atoms with E-state index < -0.39 is 0 Å². The molecule has 1 saturated heterocycles. The number of rotatable bonds is 4. The van der Waals surface area contributed by atoms with Gasteiger partial charge in [0, 0.05) is 18.8 Å². The zero-order valence-electron chi connectivity index (χ0n) is 14.9. The van der Waals surface area contributed by atoms with Crippen LogP contribution in [0.5, 0.6) is 11.5 Å². The van der Waals surface area contributed by atoms with Crippen molar-refractivity contribution in [1.82, 2.24) is 4.90 Å². The third-order valence-corrected chi connectivity index (χ3v) is 4.95. The second kappa shape index (κ2) is 7.20. The summed E-state index contributed by atoms with van der Waals surface area (Å²) in [6.45, 7) is 1.21. The van der Waals surface area contributed by atoms with E-state index in [0.717, 1.165) is 31.4 Å². The molecule has 0 bridgehead atoms. The molecule has 2 aromatic rings. The molecule has 0 N–H and O–H groups in total. The van der Waals surface area contributed by atoms with Crippen LogP contribution in [0.2, 0.25) is 0 Å². The number of hydrogen-bond acceptors (Lipinski definition) is 4. The molecule has 2 aliphatic rings. The van der Waals surface area contributed by atoms with Gasteiger partial charge >= 0.3 is 0 Å². The SMILES string of the molecule is COc1cc2c(cc1OCc1ccccc1)N=CC1CCCCN1C2=O. The van der Waals surface area contributed by atoms with Crippen LogP contribution in [0.1, 0.15) is 35.2 Å². The summed E-state index contributed by atoms with van der Waals surface area (Å²) >= 11 is 0. The third kappa shape index (κ3) is 3.17. The minimum absolute atomic E-state index is 0.0232. The average Bonchev–Trinajstić information content (AvgIpc) is 2.83. The molecule has 4 rings (SSSR count). The zero-order chi connectivity index (χ0) is 17.9. The van der Waals surface area contributed by atoms with Crippen molar-refractivity contribution in [1.29, 1.82) is 0 Å². The predicted octanol–water partition coefficient (Wildman–Crippen LogP) is 3.98. The maximum Gasteiger partial charge on any atom is 0.256 e. The number of carbonyl (C=O) groups excluding carboxylic acids is 1. The Bertz CT molecular complexity index is 833. The monoisotopic (exact) mass is 350 g/mol. The highest BCUT2D eigenvalue weighted by atomic mass is 16.5. The molecule has 1 atom stereocenters. The Kier molecular flexibility index (Phi) is 4.61. The van der Waals surface area contributed by atoms with Gasteiger partial charge in [0.25, 0.3) is 5.91 Å². The van der Waals surface area contributed by atoms with Gasteiger partial charge in [-0.15, -0.1) is 0 Å². The van der Waals surface area contributed by atoms with E-state index in [-0.39, 0.29) is 11.9 Å². The smallest absolute Gasteiger partial charge is 0.256 e. The molecule has 0 radical (unpaired) electrons. The van der Waals surface area contributed by atoms with Gasteiger partial charge < -0.3 is 14.4 Å². The molecule has 0 spiro atoms. The zero-order valence-corrected chi connectivity index (χ0v) is 14.9. The van der Waals surface area contributed by atoms with Crippen molar-refractivity contribution in [3.63, 3.8) is 0 Å². The molecule has 1 fully saturated rings. The van der Waals surface area contributed by atoms with Crippen LogP contribution in [-0.4, -0.2) is 36.7 Å². The second-order valence-corrected chi connectivity index (χ2v) is 6.63. The number of benzene rings is 2. The number of carbonyl (C=O) groups is 1. The summed E-state index contributed by atoms with van der Waals surface area (Å²) in [4.78, 5) is 19.5. The lowest BCUT2D eigenvalue weighted by Gasteiger charge is -2.32. The van der Waals surface area contributed by atoms with Gasteiger partial charge in [-0.25, -0.2) is 0 Å². The summed E-state index contributed by atoms with van der Waals surface area (Å²) in [5.74, 6) is 1.17. The van der Waals surface area contributed by atoms with Crippen LogP contribution in [0.25, 0.3) is 0 Å². The second-order valence-electron chi connectivity index (χ2n) is 6.63. The Balaban J connectivity index is 1.65. The van der Waals surface area contributed by atoms with Crippen LogP contribution in [0.4, 0.5) is 5.69 Å². The Morgan fingerprint density at radius 2 is 2.00 bits per heavy atom. The van der Waals surface area contributed by atoms with E-state index in [0.29, 0.717) is 29.4 Å². The van der Waals surface area contributed by atoms with Crippen molar-refractivity contribution in [2.24, 2.45) is 4.99 Å². The summed E-state index contributed by atoms with van der Waals surface area (Å²) in [6.07, 6.45) is 5.04. The first-order valence-electron chi connectivity index (χ1n) is 9.00. The number of fused-ring (bicyclic) bond motifs is 2. The Hall–Kier alpha value is -2.82. The quantitative estimate of drug-likeness (QED) is 0.838. The lowest BCUT2D eigenvalue weighted by atomic mass is 10.0. The van der Waals surface area contributed by atoms with Crippen LogP contribution in [0, 0.1) is 0 Å². The van der Waals surface area contributed by atoms with Crippen LogP contribution in [0.15, 0.2) is 47.5 Å². The molecular weight excluding hydrogens is 328 g/mol. The number of methoxy groups -OCH3 is 1. The molecule has 5 nitrogen and oxygen atoms in total. The molecular formula is C21H22N2O3.